The third-order valence-electron chi connectivity index (χ3n) is 1.70. The normalized spacial score (nSPS) is 14.1. The standard InChI is InChI=1S/C12H22O4S2/c1-3-5-15-7-11(13)9-17-18-10-12(14)8-16-6-4-2/h3-4,11-14H,1-2,5-10H2. The van der Waals surface area contributed by atoms with Crippen molar-refractivity contribution >= 4 is 21.6 Å². The van der Waals surface area contributed by atoms with E-state index in [0.717, 1.165) is 0 Å². The van der Waals surface area contributed by atoms with Gasteiger partial charge in [-0.1, -0.05) is 33.7 Å². The summed E-state index contributed by atoms with van der Waals surface area (Å²) in [6.45, 7) is 8.57. The molecule has 18 heavy (non-hydrogen) atoms. The molecule has 0 saturated carbocycles. The molecule has 0 rings (SSSR count). The molecule has 0 aliphatic rings. The first-order valence-electron chi connectivity index (χ1n) is 5.68. The zero-order valence-electron chi connectivity index (χ0n) is 10.5. The molecule has 0 bridgehead atoms. The zero-order chi connectivity index (χ0) is 13.6. The first-order valence-corrected chi connectivity index (χ1v) is 8.17. The lowest BCUT2D eigenvalue weighted by atomic mass is 10.4. The van der Waals surface area contributed by atoms with Crippen molar-refractivity contribution in [2.75, 3.05) is 37.9 Å². The lowest BCUT2D eigenvalue weighted by Crippen LogP contribution is -2.19. The van der Waals surface area contributed by atoms with Gasteiger partial charge in [-0.25, -0.2) is 0 Å². The largest absolute Gasteiger partial charge is 0.390 e. The first-order chi connectivity index (χ1) is 8.70. The van der Waals surface area contributed by atoms with E-state index in [2.05, 4.69) is 13.2 Å². The van der Waals surface area contributed by atoms with Crippen LogP contribution in [0, 0.1) is 0 Å². The fraction of sp³-hybridized carbons (Fsp3) is 0.667. The Balaban J connectivity index is 3.31. The van der Waals surface area contributed by atoms with Gasteiger partial charge in [0.2, 0.25) is 0 Å². The van der Waals surface area contributed by atoms with Crippen molar-refractivity contribution in [3.63, 3.8) is 0 Å². The number of hydrogen-bond acceptors (Lipinski definition) is 6. The molecule has 0 fully saturated rings. The molecule has 0 heterocycles. The summed E-state index contributed by atoms with van der Waals surface area (Å²) in [4.78, 5) is 0. The van der Waals surface area contributed by atoms with Crippen molar-refractivity contribution in [2.45, 2.75) is 12.2 Å². The van der Waals surface area contributed by atoms with Crippen LogP contribution in [-0.4, -0.2) is 60.4 Å². The summed E-state index contributed by atoms with van der Waals surface area (Å²) in [5.41, 5.74) is 0. The second kappa shape index (κ2) is 13.5. The summed E-state index contributed by atoms with van der Waals surface area (Å²) in [7, 11) is 3.02. The summed E-state index contributed by atoms with van der Waals surface area (Å²) in [5.74, 6) is 1.14. The molecule has 0 aliphatic carbocycles. The van der Waals surface area contributed by atoms with Gasteiger partial charge in [0.1, 0.15) is 0 Å². The molecule has 0 radical (unpaired) electrons. The van der Waals surface area contributed by atoms with E-state index in [1.165, 1.54) is 21.6 Å². The fourth-order valence-electron chi connectivity index (χ4n) is 0.924. The molecule has 0 aromatic heterocycles. The molecule has 0 amide bonds. The maximum atomic E-state index is 9.52. The number of rotatable bonds is 13. The third kappa shape index (κ3) is 12.5. The van der Waals surface area contributed by atoms with Crippen molar-refractivity contribution in [3.05, 3.63) is 25.3 Å². The molecule has 0 spiro atoms. The van der Waals surface area contributed by atoms with Crippen LogP contribution >= 0.6 is 21.6 Å². The van der Waals surface area contributed by atoms with Crippen LogP contribution in [0.4, 0.5) is 0 Å². The number of aliphatic hydroxyl groups excluding tert-OH is 2. The second-order valence-electron chi connectivity index (χ2n) is 3.53. The van der Waals surface area contributed by atoms with E-state index in [1.54, 1.807) is 12.2 Å². The Bertz CT molecular complexity index is 192. The topological polar surface area (TPSA) is 58.9 Å². The molecule has 0 saturated heterocycles. The van der Waals surface area contributed by atoms with E-state index >= 15 is 0 Å². The van der Waals surface area contributed by atoms with Gasteiger partial charge in [0.25, 0.3) is 0 Å². The molecule has 4 nitrogen and oxygen atoms in total. The minimum atomic E-state index is -0.489. The van der Waals surface area contributed by atoms with Crippen molar-refractivity contribution in [1.29, 1.82) is 0 Å². The Labute approximate surface area is 117 Å². The predicted octanol–water partition coefficient (Wildman–Crippen LogP) is 1.49. The summed E-state index contributed by atoms with van der Waals surface area (Å²) in [5, 5.41) is 19.0. The summed E-state index contributed by atoms with van der Waals surface area (Å²) in [6.07, 6.45) is 2.32. The Morgan fingerprint density at radius 2 is 1.28 bits per heavy atom. The quantitative estimate of drug-likeness (QED) is 0.305. The van der Waals surface area contributed by atoms with Crippen LogP contribution in [0.15, 0.2) is 25.3 Å². The first kappa shape index (κ1) is 18.0. The van der Waals surface area contributed by atoms with Gasteiger partial charge in [0.05, 0.1) is 38.6 Å². The Kier molecular flexibility index (Phi) is 13.5. The lowest BCUT2D eigenvalue weighted by molar-refractivity contribution is 0.0622. The molecular formula is C12H22O4S2. The Morgan fingerprint density at radius 1 is 0.889 bits per heavy atom. The van der Waals surface area contributed by atoms with Gasteiger partial charge in [-0.2, -0.15) is 0 Å². The number of hydrogen-bond donors (Lipinski definition) is 2. The van der Waals surface area contributed by atoms with Crippen LogP contribution < -0.4 is 0 Å². The van der Waals surface area contributed by atoms with Crippen LogP contribution in [0.3, 0.4) is 0 Å². The minimum absolute atomic E-state index is 0.310. The highest BCUT2D eigenvalue weighted by atomic mass is 33.1. The molecule has 106 valence electrons. The third-order valence-corrected chi connectivity index (χ3v) is 4.22. The summed E-state index contributed by atoms with van der Waals surface area (Å²) in [6, 6.07) is 0. The van der Waals surface area contributed by atoms with E-state index in [4.69, 9.17) is 9.47 Å². The average molecular weight is 294 g/mol. The van der Waals surface area contributed by atoms with Gasteiger partial charge < -0.3 is 19.7 Å². The molecule has 0 aromatic rings. The highest BCUT2D eigenvalue weighted by molar-refractivity contribution is 8.76. The van der Waals surface area contributed by atoms with Crippen molar-refractivity contribution in [3.8, 4) is 0 Å². The van der Waals surface area contributed by atoms with Crippen LogP contribution in [0.2, 0.25) is 0 Å². The maximum absolute atomic E-state index is 9.52. The van der Waals surface area contributed by atoms with Crippen LogP contribution in [-0.2, 0) is 9.47 Å². The van der Waals surface area contributed by atoms with Crippen LogP contribution in [0.25, 0.3) is 0 Å². The molecular weight excluding hydrogens is 272 g/mol. The van der Waals surface area contributed by atoms with Gasteiger partial charge in [-0.05, 0) is 0 Å². The van der Waals surface area contributed by atoms with E-state index in [0.29, 0.717) is 37.9 Å². The SMILES string of the molecule is C=CCOCC(O)CSSCC(O)COCC=C. The molecule has 0 aliphatic heterocycles. The van der Waals surface area contributed by atoms with Crippen molar-refractivity contribution in [2.24, 2.45) is 0 Å². The Hall–Kier alpha value is 0.0200. The van der Waals surface area contributed by atoms with Crippen LogP contribution in [0.5, 0.6) is 0 Å². The highest BCUT2D eigenvalue weighted by Crippen LogP contribution is 2.23. The summed E-state index contributed by atoms with van der Waals surface area (Å²) < 4.78 is 10.2. The fourth-order valence-corrected chi connectivity index (χ4v) is 3.14. The monoisotopic (exact) mass is 294 g/mol. The number of ether oxygens (including phenoxy) is 2. The van der Waals surface area contributed by atoms with E-state index in [-0.39, 0.29) is 0 Å². The van der Waals surface area contributed by atoms with Gasteiger partial charge >= 0.3 is 0 Å². The smallest absolute Gasteiger partial charge is 0.0872 e. The van der Waals surface area contributed by atoms with Crippen molar-refractivity contribution in [1.82, 2.24) is 0 Å². The average Bonchev–Trinajstić information content (AvgIpc) is 2.35. The second-order valence-corrected chi connectivity index (χ2v) is 6.08. The maximum Gasteiger partial charge on any atom is 0.0872 e. The van der Waals surface area contributed by atoms with Crippen LogP contribution in [0.1, 0.15) is 0 Å². The minimum Gasteiger partial charge on any atom is -0.390 e. The van der Waals surface area contributed by atoms with E-state index in [1.807, 2.05) is 0 Å². The molecule has 6 heteroatoms. The summed E-state index contributed by atoms with van der Waals surface area (Å²) >= 11 is 0. The van der Waals surface area contributed by atoms with E-state index in [9.17, 15) is 10.2 Å². The predicted molar refractivity (Wildman–Crippen MR) is 79.0 cm³/mol. The molecule has 0 aromatic carbocycles. The molecule has 2 unspecified atom stereocenters. The Morgan fingerprint density at radius 3 is 1.61 bits per heavy atom. The number of aliphatic hydroxyl groups is 2. The lowest BCUT2D eigenvalue weighted by Gasteiger charge is -2.11. The van der Waals surface area contributed by atoms with Gasteiger partial charge in [-0.15, -0.1) is 13.2 Å². The molecule has 2 N–H and O–H groups in total. The van der Waals surface area contributed by atoms with E-state index < -0.39 is 12.2 Å². The highest BCUT2D eigenvalue weighted by Gasteiger charge is 2.07. The van der Waals surface area contributed by atoms with Crippen molar-refractivity contribution < 1.29 is 19.7 Å². The molecule has 2 atom stereocenters. The van der Waals surface area contributed by atoms with Gasteiger partial charge in [-0.3, -0.25) is 0 Å². The zero-order valence-corrected chi connectivity index (χ0v) is 12.1. The van der Waals surface area contributed by atoms with Gasteiger partial charge in [0.15, 0.2) is 0 Å². The van der Waals surface area contributed by atoms with Gasteiger partial charge in [0, 0.05) is 11.5 Å².